The van der Waals surface area contributed by atoms with E-state index in [1.807, 2.05) is 0 Å². The molecular weight excluding hydrogens is 615 g/mol. The number of rotatable bonds is 43. The molecular formula is C46H93NO3. The van der Waals surface area contributed by atoms with Crippen LogP contribution in [0.4, 0.5) is 0 Å². The lowest BCUT2D eigenvalue weighted by atomic mass is 10.0. The van der Waals surface area contributed by atoms with Gasteiger partial charge in [0, 0.05) is 6.42 Å². The van der Waals surface area contributed by atoms with E-state index < -0.39 is 12.1 Å². The van der Waals surface area contributed by atoms with Crippen LogP contribution in [-0.2, 0) is 4.79 Å². The molecule has 3 N–H and O–H groups in total. The predicted octanol–water partition coefficient (Wildman–Crippen LogP) is 14.5. The first-order chi connectivity index (χ1) is 24.7. The number of aliphatic hydroxyl groups excluding tert-OH is 2. The van der Waals surface area contributed by atoms with E-state index in [1.54, 1.807) is 0 Å². The molecule has 0 spiro atoms. The van der Waals surface area contributed by atoms with Crippen LogP contribution in [0.5, 0.6) is 0 Å². The molecule has 0 aromatic carbocycles. The largest absolute Gasteiger partial charge is 0.394 e. The Balaban J connectivity index is 3.31. The summed E-state index contributed by atoms with van der Waals surface area (Å²) in [6.07, 6.45) is 52.3. The molecule has 0 saturated heterocycles. The molecule has 0 bridgehead atoms. The van der Waals surface area contributed by atoms with Gasteiger partial charge >= 0.3 is 0 Å². The van der Waals surface area contributed by atoms with Gasteiger partial charge in [-0.3, -0.25) is 4.79 Å². The third-order valence-electron chi connectivity index (χ3n) is 11.1. The number of aliphatic hydroxyl groups is 2. The van der Waals surface area contributed by atoms with Gasteiger partial charge in [-0.15, -0.1) is 0 Å². The van der Waals surface area contributed by atoms with Crippen LogP contribution in [0, 0.1) is 0 Å². The van der Waals surface area contributed by atoms with E-state index in [1.165, 1.54) is 218 Å². The topological polar surface area (TPSA) is 69.6 Å². The molecule has 0 fully saturated rings. The van der Waals surface area contributed by atoms with Crippen LogP contribution in [-0.4, -0.2) is 34.9 Å². The molecule has 2 unspecified atom stereocenters. The summed E-state index contributed by atoms with van der Waals surface area (Å²) in [5.41, 5.74) is 0. The predicted molar refractivity (Wildman–Crippen MR) is 221 cm³/mol. The summed E-state index contributed by atoms with van der Waals surface area (Å²) < 4.78 is 0. The molecule has 300 valence electrons. The molecule has 50 heavy (non-hydrogen) atoms. The van der Waals surface area contributed by atoms with Crippen molar-refractivity contribution in [2.45, 2.75) is 283 Å². The molecule has 0 saturated carbocycles. The van der Waals surface area contributed by atoms with Crippen LogP contribution < -0.4 is 5.32 Å². The lowest BCUT2D eigenvalue weighted by Gasteiger charge is -2.22. The van der Waals surface area contributed by atoms with Crippen molar-refractivity contribution in [3.8, 4) is 0 Å². The van der Waals surface area contributed by atoms with Crippen molar-refractivity contribution in [2.75, 3.05) is 6.61 Å². The number of nitrogens with one attached hydrogen (secondary N) is 1. The highest BCUT2D eigenvalue weighted by atomic mass is 16.3. The van der Waals surface area contributed by atoms with Gasteiger partial charge in [-0.1, -0.05) is 251 Å². The highest BCUT2D eigenvalue weighted by Gasteiger charge is 2.20. The van der Waals surface area contributed by atoms with Gasteiger partial charge in [0.1, 0.15) is 0 Å². The number of hydrogen-bond donors (Lipinski definition) is 3. The molecule has 0 aromatic rings. The van der Waals surface area contributed by atoms with E-state index in [9.17, 15) is 15.0 Å². The van der Waals surface area contributed by atoms with Crippen molar-refractivity contribution in [2.24, 2.45) is 0 Å². The number of amides is 1. The highest BCUT2D eigenvalue weighted by Crippen LogP contribution is 2.17. The van der Waals surface area contributed by atoms with Crippen LogP contribution in [0.1, 0.15) is 271 Å². The van der Waals surface area contributed by atoms with Crippen LogP contribution in [0.15, 0.2) is 0 Å². The van der Waals surface area contributed by atoms with E-state index in [4.69, 9.17) is 0 Å². The zero-order valence-corrected chi connectivity index (χ0v) is 34.4. The van der Waals surface area contributed by atoms with Crippen LogP contribution >= 0.6 is 0 Å². The molecule has 0 heterocycles. The first-order valence-corrected chi connectivity index (χ1v) is 23.2. The average Bonchev–Trinajstić information content (AvgIpc) is 3.12. The quantitative estimate of drug-likeness (QED) is 0.0553. The lowest BCUT2D eigenvalue weighted by Crippen LogP contribution is -2.45. The summed E-state index contributed by atoms with van der Waals surface area (Å²) in [5, 5.41) is 23.0. The van der Waals surface area contributed by atoms with Gasteiger partial charge in [-0.05, 0) is 12.8 Å². The minimum Gasteiger partial charge on any atom is -0.394 e. The summed E-state index contributed by atoms with van der Waals surface area (Å²) in [5.74, 6) is -0.0347. The maximum Gasteiger partial charge on any atom is 0.220 e. The smallest absolute Gasteiger partial charge is 0.220 e. The van der Waals surface area contributed by atoms with Gasteiger partial charge in [0.2, 0.25) is 5.91 Å². The van der Waals surface area contributed by atoms with Crippen LogP contribution in [0.2, 0.25) is 0 Å². The summed E-state index contributed by atoms with van der Waals surface area (Å²) in [6.45, 7) is 4.34. The van der Waals surface area contributed by atoms with Crippen LogP contribution in [0.25, 0.3) is 0 Å². The van der Waals surface area contributed by atoms with Gasteiger partial charge in [-0.25, -0.2) is 0 Å². The second-order valence-electron chi connectivity index (χ2n) is 16.2. The highest BCUT2D eigenvalue weighted by molar-refractivity contribution is 5.76. The van der Waals surface area contributed by atoms with Gasteiger partial charge in [0.15, 0.2) is 0 Å². The fraction of sp³-hybridized carbons (Fsp3) is 0.978. The van der Waals surface area contributed by atoms with Gasteiger partial charge < -0.3 is 15.5 Å². The first kappa shape index (κ1) is 49.4. The zero-order valence-electron chi connectivity index (χ0n) is 34.4. The lowest BCUT2D eigenvalue weighted by molar-refractivity contribution is -0.123. The van der Waals surface area contributed by atoms with E-state index in [-0.39, 0.29) is 12.5 Å². The standard InChI is InChI=1S/C46H93NO3/c1-3-5-7-9-11-12-13-14-15-16-17-18-19-20-21-22-23-24-25-26-27-28-29-30-31-32-33-34-36-37-39-41-45(49)44(43-48)47-46(50)42-40-38-35-10-8-6-4-2/h44-45,48-49H,3-43H2,1-2H3,(H,47,50). The Bertz CT molecular complexity index is 641. The Morgan fingerprint density at radius 3 is 0.900 bits per heavy atom. The summed E-state index contributed by atoms with van der Waals surface area (Å²) in [7, 11) is 0. The second kappa shape index (κ2) is 42.8. The SMILES string of the molecule is CCCCCCCCCCCCCCCCCCCCCCCCCCCCCCCCCC(O)C(CO)NC(=O)CCCCCCCCC. The molecule has 0 rings (SSSR count). The van der Waals surface area contributed by atoms with Crippen molar-refractivity contribution in [3.05, 3.63) is 0 Å². The number of carbonyl (C=O) groups excluding carboxylic acids is 1. The maximum atomic E-state index is 12.2. The molecule has 0 radical (unpaired) electrons. The maximum absolute atomic E-state index is 12.2. The second-order valence-corrected chi connectivity index (χ2v) is 16.2. The van der Waals surface area contributed by atoms with Crippen molar-refractivity contribution >= 4 is 5.91 Å². The van der Waals surface area contributed by atoms with Crippen molar-refractivity contribution in [3.63, 3.8) is 0 Å². The number of carbonyl (C=O) groups is 1. The van der Waals surface area contributed by atoms with E-state index >= 15 is 0 Å². The minimum absolute atomic E-state index is 0.0347. The Morgan fingerprint density at radius 1 is 0.400 bits per heavy atom. The number of hydrogen-bond acceptors (Lipinski definition) is 3. The molecule has 0 aromatic heterocycles. The Labute approximate surface area is 314 Å². The summed E-state index contributed by atoms with van der Waals surface area (Å²) in [4.78, 5) is 12.2. The molecule has 1 amide bonds. The molecule has 2 atom stereocenters. The fourth-order valence-electron chi connectivity index (χ4n) is 7.54. The molecule has 0 aliphatic carbocycles. The normalized spacial score (nSPS) is 12.8. The number of unbranched alkanes of at least 4 members (excludes halogenated alkanes) is 36. The van der Waals surface area contributed by atoms with Crippen LogP contribution in [0.3, 0.4) is 0 Å². The third kappa shape index (κ3) is 38.6. The van der Waals surface area contributed by atoms with E-state index in [0.717, 1.165) is 25.7 Å². The molecule has 0 aliphatic heterocycles. The van der Waals surface area contributed by atoms with E-state index in [0.29, 0.717) is 12.8 Å². The average molecular weight is 708 g/mol. The molecule has 4 nitrogen and oxygen atoms in total. The van der Waals surface area contributed by atoms with Gasteiger partial charge in [0.05, 0.1) is 18.8 Å². The third-order valence-corrected chi connectivity index (χ3v) is 11.1. The zero-order chi connectivity index (χ0) is 36.4. The summed E-state index contributed by atoms with van der Waals surface area (Å²) >= 11 is 0. The first-order valence-electron chi connectivity index (χ1n) is 23.2. The molecule has 0 aliphatic rings. The van der Waals surface area contributed by atoms with Crippen molar-refractivity contribution in [1.29, 1.82) is 0 Å². The Kier molecular flexibility index (Phi) is 42.3. The van der Waals surface area contributed by atoms with Gasteiger partial charge in [0.25, 0.3) is 0 Å². The summed E-state index contributed by atoms with van der Waals surface area (Å²) in [6, 6.07) is -0.527. The minimum atomic E-state index is -0.651. The monoisotopic (exact) mass is 708 g/mol. The van der Waals surface area contributed by atoms with Gasteiger partial charge in [-0.2, -0.15) is 0 Å². The van der Waals surface area contributed by atoms with E-state index in [2.05, 4.69) is 19.2 Å². The van der Waals surface area contributed by atoms with Crippen molar-refractivity contribution < 1.29 is 15.0 Å². The fourth-order valence-corrected chi connectivity index (χ4v) is 7.54. The van der Waals surface area contributed by atoms with Crippen molar-refractivity contribution in [1.82, 2.24) is 5.32 Å². The Morgan fingerprint density at radius 2 is 0.640 bits per heavy atom. The Hall–Kier alpha value is -0.610. The molecule has 4 heteroatoms.